The van der Waals surface area contributed by atoms with Crippen molar-refractivity contribution >= 4 is 5.91 Å². The summed E-state index contributed by atoms with van der Waals surface area (Å²) in [6, 6.07) is 8.19. The summed E-state index contributed by atoms with van der Waals surface area (Å²) in [5.74, 6) is 0.109. The normalized spacial score (nSPS) is 25.1. The maximum Gasteiger partial charge on any atom is 0.253 e. The highest BCUT2D eigenvalue weighted by molar-refractivity contribution is 5.94. The van der Waals surface area contributed by atoms with Gasteiger partial charge in [0.25, 0.3) is 5.91 Å². The fourth-order valence-corrected chi connectivity index (χ4v) is 4.40. The standard InChI is InChI=1S/C22H34N2O2/c1-2-22(18-25)12-7-15-24(17-22)21(26)20-10-8-19(9-11-20)16-23-13-5-3-4-6-14-23/h8-11,25H,2-7,12-18H2,1H3/t22-/m0/s1. The van der Waals surface area contributed by atoms with Crippen LogP contribution in [0.2, 0.25) is 0 Å². The molecular weight excluding hydrogens is 324 g/mol. The minimum atomic E-state index is -0.110. The summed E-state index contributed by atoms with van der Waals surface area (Å²) in [4.78, 5) is 17.4. The molecule has 26 heavy (non-hydrogen) atoms. The molecule has 0 saturated carbocycles. The van der Waals surface area contributed by atoms with Crippen LogP contribution in [0.4, 0.5) is 0 Å². The number of hydrogen-bond donors (Lipinski definition) is 1. The van der Waals surface area contributed by atoms with Gasteiger partial charge in [0, 0.05) is 30.6 Å². The van der Waals surface area contributed by atoms with Crippen LogP contribution in [-0.4, -0.2) is 53.6 Å². The van der Waals surface area contributed by atoms with Crippen molar-refractivity contribution < 1.29 is 9.90 Å². The summed E-state index contributed by atoms with van der Waals surface area (Å²) >= 11 is 0. The molecule has 0 bridgehead atoms. The second-order valence-corrected chi connectivity index (χ2v) is 8.23. The first-order valence-corrected chi connectivity index (χ1v) is 10.4. The Balaban J connectivity index is 1.61. The topological polar surface area (TPSA) is 43.8 Å². The number of benzene rings is 1. The van der Waals surface area contributed by atoms with Gasteiger partial charge in [0.2, 0.25) is 0 Å². The zero-order valence-electron chi connectivity index (χ0n) is 16.3. The minimum absolute atomic E-state index is 0.109. The van der Waals surface area contributed by atoms with Crippen LogP contribution in [0.3, 0.4) is 0 Å². The van der Waals surface area contributed by atoms with Crippen LogP contribution in [0.15, 0.2) is 24.3 Å². The van der Waals surface area contributed by atoms with Crippen molar-refractivity contribution in [3.05, 3.63) is 35.4 Å². The van der Waals surface area contributed by atoms with Gasteiger partial charge in [0.1, 0.15) is 0 Å². The van der Waals surface area contributed by atoms with Gasteiger partial charge in [-0.05, 0) is 62.9 Å². The Morgan fingerprint density at radius 2 is 1.73 bits per heavy atom. The highest BCUT2D eigenvalue weighted by Crippen LogP contribution is 2.33. The molecule has 0 aromatic heterocycles. The zero-order chi connectivity index (χ0) is 18.4. The van der Waals surface area contributed by atoms with E-state index >= 15 is 0 Å². The number of amides is 1. The fourth-order valence-electron chi connectivity index (χ4n) is 4.40. The van der Waals surface area contributed by atoms with E-state index < -0.39 is 0 Å². The molecule has 2 aliphatic rings. The first-order valence-electron chi connectivity index (χ1n) is 10.4. The average molecular weight is 359 g/mol. The Labute approximate surface area is 158 Å². The largest absolute Gasteiger partial charge is 0.396 e. The third-order valence-corrected chi connectivity index (χ3v) is 6.34. The van der Waals surface area contributed by atoms with Crippen molar-refractivity contribution in [3.8, 4) is 0 Å². The number of carbonyl (C=O) groups excluding carboxylic acids is 1. The van der Waals surface area contributed by atoms with Crippen LogP contribution in [0.25, 0.3) is 0 Å². The monoisotopic (exact) mass is 358 g/mol. The van der Waals surface area contributed by atoms with E-state index in [0.29, 0.717) is 6.54 Å². The van der Waals surface area contributed by atoms with Gasteiger partial charge in [-0.25, -0.2) is 0 Å². The molecule has 0 aliphatic carbocycles. The molecule has 3 rings (SSSR count). The van der Waals surface area contributed by atoms with Gasteiger partial charge in [-0.3, -0.25) is 9.69 Å². The molecule has 1 N–H and O–H groups in total. The number of rotatable bonds is 5. The molecule has 0 spiro atoms. The van der Waals surface area contributed by atoms with Crippen LogP contribution in [0, 0.1) is 5.41 Å². The Morgan fingerprint density at radius 3 is 2.35 bits per heavy atom. The van der Waals surface area contributed by atoms with E-state index in [0.717, 1.165) is 37.9 Å². The highest BCUT2D eigenvalue weighted by Gasteiger charge is 2.35. The van der Waals surface area contributed by atoms with Crippen molar-refractivity contribution in [1.82, 2.24) is 9.80 Å². The number of nitrogens with zero attached hydrogens (tertiary/aromatic N) is 2. The van der Waals surface area contributed by atoms with Crippen molar-refractivity contribution in [2.45, 2.75) is 58.4 Å². The third kappa shape index (κ3) is 4.66. The van der Waals surface area contributed by atoms with Gasteiger partial charge in [0.15, 0.2) is 0 Å². The highest BCUT2D eigenvalue weighted by atomic mass is 16.3. The quantitative estimate of drug-likeness (QED) is 0.873. The number of piperidine rings is 1. The van der Waals surface area contributed by atoms with E-state index in [9.17, 15) is 9.90 Å². The van der Waals surface area contributed by atoms with Crippen LogP contribution in [0.1, 0.15) is 67.8 Å². The molecule has 1 amide bonds. The molecule has 2 heterocycles. The van der Waals surface area contributed by atoms with Crippen LogP contribution in [0.5, 0.6) is 0 Å². The van der Waals surface area contributed by atoms with Crippen molar-refractivity contribution in [2.24, 2.45) is 5.41 Å². The fraction of sp³-hybridized carbons (Fsp3) is 0.682. The molecule has 2 saturated heterocycles. The number of likely N-dealkylation sites (tertiary alicyclic amines) is 2. The average Bonchev–Trinajstić information content (AvgIpc) is 2.96. The van der Waals surface area contributed by atoms with Gasteiger partial charge >= 0.3 is 0 Å². The molecule has 1 aromatic rings. The molecule has 2 fully saturated rings. The Morgan fingerprint density at radius 1 is 1.04 bits per heavy atom. The lowest BCUT2D eigenvalue weighted by Crippen LogP contribution is -2.47. The smallest absolute Gasteiger partial charge is 0.253 e. The van der Waals surface area contributed by atoms with Crippen LogP contribution < -0.4 is 0 Å². The summed E-state index contributed by atoms with van der Waals surface area (Å²) in [5.41, 5.74) is 1.95. The lowest BCUT2D eigenvalue weighted by atomic mass is 9.78. The van der Waals surface area contributed by atoms with Crippen molar-refractivity contribution in [2.75, 3.05) is 32.8 Å². The second kappa shape index (κ2) is 9.01. The zero-order valence-corrected chi connectivity index (χ0v) is 16.3. The van der Waals surface area contributed by atoms with Crippen LogP contribution >= 0.6 is 0 Å². The van der Waals surface area contributed by atoms with Crippen molar-refractivity contribution in [3.63, 3.8) is 0 Å². The molecule has 1 atom stereocenters. The van der Waals surface area contributed by atoms with Gasteiger partial charge in [-0.1, -0.05) is 31.9 Å². The number of aliphatic hydroxyl groups excluding tert-OH is 1. The summed E-state index contributed by atoms with van der Waals surface area (Å²) in [6.45, 7) is 7.12. The third-order valence-electron chi connectivity index (χ3n) is 6.34. The first kappa shape index (κ1) is 19.4. The van der Waals surface area contributed by atoms with Gasteiger partial charge < -0.3 is 10.0 Å². The summed E-state index contributed by atoms with van der Waals surface area (Å²) < 4.78 is 0. The van der Waals surface area contributed by atoms with E-state index in [2.05, 4.69) is 24.0 Å². The minimum Gasteiger partial charge on any atom is -0.396 e. The maximum atomic E-state index is 12.9. The molecule has 0 radical (unpaired) electrons. The Hall–Kier alpha value is -1.39. The SMILES string of the molecule is CC[C@]1(CO)CCCN(C(=O)c2ccc(CN3CCCCCC3)cc2)C1. The molecule has 4 heteroatoms. The number of carbonyl (C=O) groups is 1. The van der Waals surface area contributed by atoms with Gasteiger partial charge in [0.05, 0.1) is 6.61 Å². The van der Waals surface area contributed by atoms with E-state index in [4.69, 9.17) is 0 Å². The molecular formula is C22H34N2O2. The van der Waals surface area contributed by atoms with Crippen LogP contribution in [-0.2, 0) is 6.54 Å². The lowest BCUT2D eigenvalue weighted by molar-refractivity contribution is 0.0251. The van der Waals surface area contributed by atoms with E-state index in [1.165, 1.54) is 44.3 Å². The summed E-state index contributed by atoms with van der Waals surface area (Å²) in [7, 11) is 0. The Bertz CT molecular complexity index is 572. The predicted molar refractivity (Wildman–Crippen MR) is 105 cm³/mol. The van der Waals surface area contributed by atoms with E-state index in [-0.39, 0.29) is 17.9 Å². The molecule has 0 unspecified atom stereocenters. The first-order chi connectivity index (χ1) is 12.7. The van der Waals surface area contributed by atoms with E-state index in [1.807, 2.05) is 17.0 Å². The predicted octanol–water partition coefficient (Wildman–Crippen LogP) is 3.69. The summed E-state index contributed by atoms with van der Waals surface area (Å²) in [6.07, 6.45) is 8.22. The van der Waals surface area contributed by atoms with Gasteiger partial charge in [-0.2, -0.15) is 0 Å². The summed E-state index contributed by atoms with van der Waals surface area (Å²) in [5, 5.41) is 9.78. The van der Waals surface area contributed by atoms with Gasteiger partial charge in [-0.15, -0.1) is 0 Å². The maximum absolute atomic E-state index is 12.9. The molecule has 4 nitrogen and oxygen atoms in total. The lowest BCUT2D eigenvalue weighted by Gasteiger charge is -2.41. The molecule has 1 aromatic carbocycles. The number of aliphatic hydroxyl groups is 1. The molecule has 2 aliphatic heterocycles. The Kier molecular flexibility index (Phi) is 6.71. The van der Waals surface area contributed by atoms with Crippen molar-refractivity contribution in [1.29, 1.82) is 0 Å². The molecule has 144 valence electrons. The van der Waals surface area contributed by atoms with E-state index in [1.54, 1.807) is 0 Å². The second-order valence-electron chi connectivity index (χ2n) is 8.23. The number of hydrogen-bond acceptors (Lipinski definition) is 3.